The molecule has 2 rings (SSSR count). The molecule has 0 amide bonds. The van der Waals surface area contributed by atoms with Crippen LogP contribution in [0.15, 0.2) is 12.5 Å². The van der Waals surface area contributed by atoms with Crippen LogP contribution in [0.4, 0.5) is 0 Å². The Bertz CT molecular complexity index is 479. The number of rotatable bonds is 6. The van der Waals surface area contributed by atoms with E-state index in [1.54, 1.807) is 0 Å². The summed E-state index contributed by atoms with van der Waals surface area (Å²) in [4.78, 5) is 21.0. The summed E-state index contributed by atoms with van der Waals surface area (Å²) in [5.41, 5.74) is 0.655. The normalized spacial score (nSPS) is 14.4. The average molecular weight is 246 g/mol. The summed E-state index contributed by atoms with van der Waals surface area (Å²) in [5.74, 6) is -1.01. The van der Waals surface area contributed by atoms with Crippen LogP contribution in [0.5, 0.6) is 0 Å². The van der Waals surface area contributed by atoms with Crippen molar-refractivity contribution in [1.29, 1.82) is 5.26 Å². The van der Waals surface area contributed by atoms with E-state index >= 15 is 0 Å². The summed E-state index contributed by atoms with van der Waals surface area (Å²) in [5, 5.41) is 17.7. The van der Waals surface area contributed by atoms with Crippen LogP contribution in [0, 0.1) is 11.3 Å². The summed E-state index contributed by atoms with van der Waals surface area (Å²) < 4.78 is 0. The molecule has 1 heterocycles. The third-order valence-corrected chi connectivity index (χ3v) is 2.95. The molecule has 0 bridgehead atoms. The van der Waals surface area contributed by atoms with Crippen molar-refractivity contribution in [3.05, 3.63) is 23.8 Å². The molecule has 1 aromatic rings. The fraction of sp³-hybridized carbons (Fsp3) is 0.500. The molecule has 1 aromatic heterocycles. The molecule has 0 radical (unpaired) electrons. The number of nitrogens with zero attached hydrogens (tertiary/aromatic N) is 4. The van der Waals surface area contributed by atoms with E-state index in [1.807, 2.05) is 0 Å². The predicted octanol–water partition coefficient (Wildman–Crippen LogP) is 1.05. The van der Waals surface area contributed by atoms with Gasteiger partial charge in [0.05, 0.1) is 11.8 Å². The Kier molecular flexibility index (Phi) is 3.85. The number of carboxylic acids is 1. The minimum atomic E-state index is -1.01. The van der Waals surface area contributed by atoms with Crippen LogP contribution in [-0.4, -0.2) is 38.5 Å². The zero-order valence-corrected chi connectivity index (χ0v) is 9.91. The largest absolute Gasteiger partial charge is 0.478 e. The molecule has 0 saturated heterocycles. The molecule has 1 aliphatic carbocycles. The van der Waals surface area contributed by atoms with Crippen molar-refractivity contribution < 1.29 is 9.90 Å². The van der Waals surface area contributed by atoms with Crippen molar-refractivity contribution in [2.24, 2.45) is 0 Å². The van der Waals surface area contributed by atoms with Gasteiger partial charge in [-0.3, -0.25) is 4.90 Å². The van der Waals surface area contributed by atoms with E-state index in [9.17, 15) is 4.79 Å². The van der Waals surface area contributed by atoms with Gasteiger partial charge in [-0.05, 0) is 12.8 Å². The molecular formula is C12H14N4O2. The minimum Gasteiger partial charge on any atom is -0.478 e. The molecule has 1 aliphatic rings. The van der Waals surface area contributed by atoms with Gasteiger partial charge in [0.15, 0.2) is 0 Å². The van der Waals surface area contributed by atoms with Crippen molar-refractivity contribution in [3.8, 4) is 6.07 Å². The van der Waals surface area contributed by atoms with Gasteiger partial charge in [0.1, 0.15) is 11.9 Å². The van der Waals surface area contributed by atoms with Gasteiger partial charge in [0.2, 0.25) is 0 Å². The molecule has 0 spiro atoms. The zero-order chi connectivity index (χ0) is 13.0. The Morgan fingerprint density at radius 2 is 2.39 bits per heavy atom. The first-order chi connectivity index (χ1) is 8.72. The van der Waals surface area contributed by atoms with Gasteiger partial charge in [-0.25, -0.2) is 14.8 Å². The topological polar surface area (TPSA) is 90.1 Å². The van der Waals surface area contributed by atoms with Crippen LogP contribution < -0.4 is 0 Å². The van der Waals surface area contributed by atoms with Gasteiger partial charge in [0.25, 0.3) is 0 Å². The number of aromatic nitrogens is 2. The van der Waals surface area contributed by atoms with E-state index in [0.717, 1.165) is 12.8 Å². The molecule has 0 aliphatic heterocycles. The second kappa shape index (κ2) is 5.56. The highest BCUT2D eigenvalue weighted by Crippen LogP contribution is 2.28. The van der Waals surface area contributed by atoms with Crippen molar-refractivity contribution >= 4 is 5.97 Å². The summed E-state index contributed by atoms with van der Waals surface area (Å²) in [6, 6.07) is 2.58. The highest BCUT2D eigenvalue weighted by atomic mass is 16.4. The maximum atomic E-state index is 11.1. The molecule has 6 heteroatoms. The molecule has 1 saturated carbocycles. The highest BCUT2D eigenvalue weighted by molar-refractivity contribution is 5.88. The lowest BCUT2D eigenvalue weighted by Gasteiger charge is -2.20. The number of carbonyl (C=O) groups is 1. The molecule has 0 unspecified atom stereocenters. The van der Waals surface area contributed by atoms with Gasteiger partial charge in [0, 0.05) is 31.7 Å². The van der Waals surface area contributed by atoms with E-state index in [0.29, 0.717) is 31.2 Å². The van der Waals surface area contributed by atoms with Crippen LogP contribution in [0.2, 0.25) is 0 Å². The summed E-state index contributed by atoms with van der Waals surface area (Å²) in [6.07, 6.45) is 5.35. The Morgan fingerprint density at radius 1 is 1.61 bits per heavy atom. The zero-order valence-electron chi connectivity index (χ0n) is 9.91. The molecular weight excluding hydrogens is 232 g/mol. The van der Waals surface area contributed by atoms with Crippen molar-refractivity contribution in [2.75, 3.05) is 6.54 Å². The van der Waals surface area contributed by atoms with Crippen molar-refractivity contribution in [1.82, 2.24) is 14.9 Å². The third kappa shape index (κ3) is 3.02. The standard InChI is InChI=1S/C12H14N4O2/c13-4-1-5-16(9-2-3-9)7-11-10(12(17)18)6-14-8-15-11/h6,8-9H,1-3,5,7H2,(H,17,18). The molecule has 94 valence electrons. The second-order valence-electron chi connectivity index (χ2n) is 4.30. The first-order valence-electron chi connectivity index (χ1n) is 5.85. The summed E-state index contributed by atoms with van der Waals surface area (Å²) in [7, 11) is 0. The van der Waals surface area contributed by atoms with E-state index in [1.165, 1.54) is 12.5 Å². The van der Waals surface area contributed by atoms with Crippen molar-refractivity contribution in [3.63, 3.8) is 0 Å². The maximum Gasteiger partial charge on any atom is 0.339 e. The molecule has 6 nitrogen and oxygen atoms in total. The first kappa shape index (κ1) is 12.5. The number of hydrogen-bond donors (Lipinski definition) is 1. The summed E-state index contributed by atoms with van der Waals surface area (Å²) >= 11 is 0. The van der Waals surface area contributed by atoms with Crippen molar-refractivity contribution in [2.45, 2.75) is 31.8 Å². The smallest absolute Gasteiger partial charge is 0.339 e. The van der Waals surface area contributed by atoms with Crippen LogP contribution in [0.3, 0.4) is 0 Å². The number of nitriles is 1. The fourth-order valence-electron chi connectivity index (χ4n) is 1.88. The van der Waals surface area contributed by atoms with Gasteiger partial charge in [-0.1, -0.05) is 0 Å². The van der Waals surface area contributed by atoms with Gasteiger partial charge in [-0.15, -0.1) is 0 Å². The highest BCUT2D eigenvalue weighted by Gasteiger charge is 2.29. The number of carboxylic acid groups (broad SMARTS) is 1. The maximum absolute atomic E-state index is 11.1. The second-order valence-corrected chi connectivity index (χ2v) is 4.30. The lowest BCUT2D eigenvalue weighted by Crippen LogP contribution is -2.28. The van der Waals surface area contributed by atoms with Crippen LogP contribution in [-0.2, 0) is 6.54 Å². The predicted molar refractivity (Wildman–Crippen MR) is 62.7 cm³/mol. The quantitative estimate of drug-likeness (QED) is 0.806. The Morgan fingerprint density at radius 3 is 3.00 bits per heavy atom. The number of hydrogen-bond acceptors (Lipinski definition) is 5. The van der Waals surface area contributed by atoms with E-state index in [-0.39, 0.29) is 5.56 Å². The van der Waals surface area contributed by atoms with Crippen LogP contribution in [0.1, 0.15) is 35.3 Å². The minimum absolute atomic E-state index is 0.139. The molecule has 0 atom stereocenters. The average Bonchev–Trinajstić information content (AvgIpc) is 3.19. The van der Waals surface area contributed by atoms with E-state index in [4.69, 9.17) is 10.4 Å². The fourth-order valence-corrected chi connectivity index (χ4v) is 1.88. The SMILES string of the molecule is N#CCCN(Cc1ncncc1C(=O)O)C1CC1. The van der Waals surface area contributed by atoms with Crippen LogP contribution >= 0.6 is 0 Å². The van der Waals surface area contributed by atoms with Gasteiger partial charge in [-0.2, -0.15) is 5.26 Å². The van der Waals surface area contributed by atoms with Crippen LogP contribution in [0.25, 0.3) is 0 Å². The third-order valence-electron chi connectivity index (χ3n) is 2.95. The van der Waals surface area contributed by atoms with Gasteiger partial charge < -0.3 is 5.11 Å². The lowest BCUT2D eigenvalue weighted by atomic mass is 10.2. The Hall–Kier alpha value is -2.00. The van der Waals surface area contributed by atoms with E-state index in [2.05, 4.69) is 20.9 Å². The lowest BCUT2D eigenvalue weighted by molar-refractivity contribution is 0.0693. The van der Waals surface area contributed by atoms with Gasteiger partial charge >= 0.3 is 5.97 Å². The Labute approximate surface area is 105 Å². The first-order valence-corrected chi connectivity index (χ1v) is 5.85. The monoisotopic (exact) mass is 246 g/mol. The molecule has 0 aromatic carbocycles. The Balaban J connectivity index is 2.11. The molecule has 1 N–H and O–H groups in total. The summed E-state index contributed by atoms with van der Waals surface area (Å²) in [6.45, 7) is 1.13. The molecule has 1 fully saturated rings. The molecule has 18 heavy (non-hydrogen) atoms. The number of aromatic carboxylic acids is 1. The van der Waals surface area contributed by atoms with E-state index < -0.39 is 5.97 Å².